The fourth-order valence-corrected chi connectivity index (χ4v) is 3.73. The lowest BCUT2D eigenvalue weighted by Crippen LogP contribution is -2.46. The van der Waals surface area contributed by atoms with Gasteiger partial charge in [0.05, 0.1) is 24.3 Å². The van der Waals surface area contributed by atoms with Crippen LogP contribution in [0.1, 0.15) is 0 Å². The molecule has 0 unspecified atom stereocenters. The van der Waals surface area contributed by atoms with Gasteiger partial charge in [0, 0.05) is 43.4 Å². The summed E-state index contributed by atoms with van der Waals surface area (Å²) in [5.41, 5.74) is 3.26. The van der Waals surface area contributed by atoms with Gasteiger partial charge >= 0.3 is 0 Å². The van der Waals surface area contributed by atoms with Crippen LogP contribution in [0.15, 0.2) is 48.5 Å². The molecule has 0 atom stereocenters. The summed E-state index contributed by atoms with van der Waals surface area (Å²) in [5, 5.41) is 13.2. The van der Waals surface area contributed by atoms with E-state index in [-0.39, 0.29) is 6.61 Å². The van der Waals surface area contributed by atoms with Crippen molar-refractivity contribution in [2.75, 3.05) is 49.5 Å². The summed E-state index contributed by atoms with van der Waals surface area (Å²) in [6.07, 6.45) is 0. The number of benzene rings is 2. The number of aliphatic hydroxyl groups is 1. The summed E-state index contributed by atoms with van der Waals surface area (Å²) < 4.78 is 2.19. The molecule has 142 valence electrons. The quantitative estimate of drug-likeness (QED) is 0.683. The van der Waals surface area contributed by atoms with E-state index in [1.165, 1.54) is 5.69 Å². The SMILES string of the molecule is OCCNc1nc2ccccc2n1CN1CCN(c2cccc(Cl)c2)CC1. The first kappa shape index (κ1) is 18.1. The molecule has 2 aromatic carbocycles. The highest BCUT2D eigenvalue weighted by atomic mass is 35.5. The van der Waals surface area contributed by atoms with Gasteiger partial charge in [-0.25, -0.2) is 4.98 Å². The van der Waals surface area contributed by atoms with E-state index in [2.05, 4.69) is 36.8 Å². The number of rotatable bonds is 6. The lowest BCUT2D eigenvalue weighted by Gasteiger charge is -2.36. The second-order valence-electron chi connectivity index (χ2n) is 6.73. The third-order valence-electron chi connectivity index (χ3n) is 4.94. The molecule has 27 heavy (non-hydrogen) atoms. The van der Waals surface area contributed by atoms with Crippen LogP contribution >= 0.6 is 11.6 Å². The first-order valence-electron chi connectivity index (χ1n) is 9.27. The number of nitrogens with zero attached hydrogens (tertiary/aromatic N) is 4. The Morgan fingerprint density at radius 1 is 1.04 bits per heavy atom. The molecule has 1 saturated heterocycles. The molecule has 0 bridgehead atoms. The normalized spacial score (nSPS) is 15.4. The van der Waals surface area contributed by atoms with E-state index in [0.29, 0.717) is 6.54 Å². The van der Waals surface area contributed by atoms with Crippen molar-refractivity contribution < 1.29 is 5.11 Å². The molecule has 1 aromatic heterocycles. The third-order valence-corrected chi connectivity index (χ3v) is 5.17. The van der Waals surface area contributed by atoms with Gasteiger partial charge in [-0.2, -0.15) is 0 Å². The summed E-state index contributed by atoms with van der Waals surface area (Å²) in [6.45, 7) is 5.22. The van der Waals surface area contributed by atoms with E-state index in [4.69, 9.17) is 16.7 Å². The van der Waals surface area contributed by atoms with Gasteiger partial charge < -0.3 is 15.3 Å². The van der Waals surface area contributed by atoms with Crippen LogP contribution in [-0.4, -0.2) is 58.9 Å². The Morgan fingerprint density at radius 3 is 2.63 bits per heavy atom. The predicted octanol–water partition coefficient (Wildman–Crippen LogP) is 2.87. The van der Waals surface area contributed by atoms with Crippen LogP contribution in [0, 0.1) is 0 Å². The van der Waals surface area contributed by atoms with Gasteiger partial charge in [0.15, 0.2) is 0 Å². The second kappa shape index (κ2) is 8.17. The Morgan fingerprint density at radius 2 is 1.85 bits per heavy atom. The minimum Gasteiger partial charge on any atom is -0.395 e. The minimum atomic E-state index is 0.0848. The highest BCUT2D eigenvalue weighted by Crippen LogP contribution is 2.23. The molecular weight excluding hydrogens is 362 g/mol. The number of imidazole rings is 1. The summed E-state index contributed by atoms with van der Waals surface area (Å²) in [5.74, 6) is 0.808. The molecule has 0 amide bonds. The Kier molecular flexibility index (Phi) is 5.48. The van der Waals surface area contributed by atoms with Crippen LogP contribution in [0.4, 0.5) is 11.6 Å². The average molecular weight is 386 g/mol. The molecule has 7 heteroatoms. The summed E-state index contributed by atoms with van der Waals surface area (Å²) in [6, 6.07) is 16.2. The number of halogens is 1. The van der Waals surface area contributed by atoms with Gasteiger partial charge in [0.2, 0.25) is 5.95 Å². The number of aromatic nitrogens is 2. The van der Waals surface area contributed by atoms with Crippen molar-refractivity contribution >= 4 is 34.3 Å². The number of hydrogen-bond donors (Lipinski definition) is 2. The third kappa shape index (κ3) is 4.03. The van der Waals surface area contributed by atoms with E-state index in [0.717, 1.165) is 54.9 Å². The molecule has 1 aliphatic heterocycles. The molecule has 3 aromatic rings. The maximum absolute atomic E-state index is 9.15. The van der Waals surface area contributed by atoms with Gasteiger partial charge in [-0.1, -0.05) is 29.8 Å². The number of hydrogen-bond acceptors (Lipinski definition) is 5. The minimum absolute atomic E-state index is 0.0848. The van der Waals surface area contributed by atoms with Gasteiger partial charge in [-0.05, 0) is 30.3 Å². The molecule has 0 aliphatic carbocycles. The summed E-state index contributed by atoms with van der Waals surface area (Å²) in [7, 11) is 0. The van der Waals surface area contributed by atoms with Crippen LogP contribution < -0.4 is 10.2 Å². The Labute approximate surface area is 164 Å². The van der Waals surface area contributed by atoms with Crippen LogP contribution in [0.3, 0.4) is 0 Å². The van der Waals surface area contributed by atoms with E-state index in [1.807, 2.05) is 36.4 Å². The van der Waals surface area contributed by atoms with E-state index < -0.39 is 0 Å². The number of para-hydroxylation sites is 2. The summed E-state index contributed by atoms with van der Waals surface area (Å²) >= 11 is 6.13. The monoisotopic (exact) mass is 385 g/mol. The number of aliphatic hydroxyl groups excluding tert-OH is 1. The zero-order chi connectivity index (χ0) is 18.6. The molecule has 0 spiro atoms. The first-order chi connectivity index (χ1) is 13.2. The van der Waals surface area contributed by atoms with Crippen molar-refractivity contribution in [3.05, 3.63) is 53.6 Å². The van der Waals surface area contributed by atoms with Crippen molar-refractivity contribution in [2.24, 2.45) is 0 Å². The molecule has 1 fully saturated rings. The number of fused-ring (bicyclic) bond motifs is 1. The number of piperazine rings is 1. The Bertz CT molecular complexity index is 904. The smallest absolute Gasteiger partial charge is 0.205 e. The van der Waals surface area contributed by atoms with Gasteiger partial charge in [0.25, 0.3) is 0 Å². The topological polar surface area (TPSA) is 56.6 Å². The molecule has 0 saturated carbocycles. The average Bonchev–Trinajstić information content (AvgIpc) is 3.04. The molecular formula is C20H24ClN5O. The molecule has 2 heterocycles. The van der Waals surface area contributed by atoms with E-state index in [1.54, 1.807) is 0 Å². The first-order valence-corrected chi connectivity index (χ1v) is 9.65. The van der Waals surface area contributed by atoms with Gasteiger partial charge in [0.1, 0.15) is 0 Å². The Hall–Kier alpha value is -2.28. The van der Waals surface area contributed by atoms with Gasteiger partial charge in [-0.3, -0.25) is 9.47 Å². The lowest BCUT2D eigenvalue weighted by molar-refractivity contribution is 0.210. The highest BCUT2D eigenvalue weighted by molar-refractivity contribution is 6.30. The maximum atomic E-state index is 9.15. The van der Waals surface area contributed by atoms with Crippen molar-refractivity contribution in [3.63, 3.8) is 0 Å². The molecule has 1 aliphatic rings. The standard InChI is InChI=1S/C20H24ClN5O/c21-16-4-3-5-17(14-16)25-11-9-24(10-12-25)15-26-19-7-2-1-6-18(19)23-20(26)22-8-13-27/h1-7,14,27H,8-13,15H2,(H,22,23). The van der Waals surface area contributed by atoms with Crippen molar-refractivity contribution in [1.82, 2.24) is 14.5 Å². The van der Waals surface area contributed by atoms with Crippen LogP contribution in [0.2, 0.25) is 5.02 Å². The molecule has 0 radical (unpaired) electrons. The number of nitrogens with one attached hydrogen (secondary N) is 1. The predicted molar refractivity (Wildman–Crippen MR) is 111 cm³/mol. The fourth-order valence-electron chi connectivity index (χ4n) is 3.54. The van der Waals surface area contributed by atoms with Crippen LogP contribution in [-0.2, 0) is 6.67 Å². The largest absolute Gasteiger partial charge is 0.395 e. The zero-order valence-corrected chi connectivity index (χ0v) is 15.9. The summed E-state index contributed by atoms with van der Waals surface area (Å²) in [4.78, 5) is 9.48. The second-order valence-corrected chi connectivity index (χ2v) is 7.17. The van der Waals surface area contributed by atoms with Gasteiger partial charge in [-0.15, -0.1) is 0 Å². The molecule has 2 N–H and O–H groups in total. The van der Waals surface area contributed by atoms with E-state index in [9.17, 15) is 0 Å². The van der Waals surface area contributed by atoms with E-state index >= 15 is 0 Å². The number of anilines is 2. The van der Waals surface area contributed by atoms with Crippen molar-refractivity contribution in [2.45, 2.75) is 6.67 Å². The molecule has 4 rings (SSSR count). The van der Waals surface area contributed by atoms with Crippen LogP contribution in [0.25, 0.3) is 11.0 Å². The fraction of sp³-hybridized carbons (Fsp3) is 0.350. The lowest BCUT2D eigenvalue weighted by atomic mass is 10.2. The van der Waals surface area contributed by atoms with Crippen molar-refractivity contribution in [3.8, 4) is 0 Å². The highest BCUT2D eigenvalue weighted by Gasteiger charge is 2.19. The van der Waals surface area contributed by atoms with Crippen LogP contribution in [0.5, 0.6) is 0 Å². The maximum Gasteiger partial charge on any atom is 0.205 e. The van der Waals surface area contributed by atoms with Crippen molar-refractivity contribution in [1.29, 1.82) is 0 Å². The zero-order valence-electron chi connectivity index (χ0n) is 15.2. The molecule has 6 nitrogen and oxygen atoms in total. The Balaban J connectivity index is 1.47.